The van der Waals surface area contributed by atoms with Crippen LogP contribution in [0, 0.1) is 6.92 Å². The molecule has 0 saturated carbocycles. The van der Waals surface area contributed by atoms with Gasteiger partial charge < -0.3 is 9.90 Å². The molecule has 0 spiro atoms. The highest BCUT2D eigenvalue weighted by molar-refractivity contribution is 7.89. The molecule has 2 aromatic rings. The molecule has 0 saturated heterocycles. The number of carbonyl (C=O) groups is 1. The molecule has 0 atom stereocenters. The molecule has 0 aromatic heterocycles. The van der Waals surface area contributed by atoms with E-state index >= 15 is 0 Å². The van der Waals surface area contributed by atoms with E-state index in [1.807, 2.05) is 32.9 Å². The number of sulfonamides is 1. The van der Waals surface area contributed by atoms with Gasteiger partial charge >= 0.3 is 0 Å². The number of nitrogens with zero attached hydrogens (tertiary/aromatic N) is 2. The highest BCUT2D eigenvalue weighted by Gasteiger charge is 2.20. The van der Waals surface area contributed by atoms with E-state index in [0.717, 1.165) is 20.3 Å². The molecular weight excluding hydrogens is 352 g/mol. The summed E-state index contributed by atoms with van der Waals surface area (Å²) in [7, 11) is -0.695. The van der Waals surface area contributed by atoms with E-state index in [1.54, 1.807) is 6.07 Å². The van der Waals surface area contributed by atoms with E-state index in [-0.39, 0.29) is 10.8 Å². The van der Waals surface area contributed by atoms with Gasteiger partial charge in [0.25, 0.3) is 0 Å². The molecule has 0 fully saturated rings. The van der Waals surface area contributed by atoms with Crippen molar-refractivity contribution in [3.63, 3.8) is 0 Å². The monoisotopic (exact) mass is 375 g/mol. The normalized spacial score (nSPS) is 11.8. The molecule has 0 aliphatic heterocycles. The standard InChI is InChI=1S/C19H24N2O4S/c1-13(2)17-11-6-14(3)12-18(17)21(19(22)23)15-7-9-16(10-8-15)26(24,25)20(4)5/h6-13H,1-5H3,(H,22,23)/p-1. The van der Waals surface area contributed by atoms with Crippen molar-refractivity contribution in [1.29, 1.82) is 0 Å². The third kappa shape index (κ3) is 3.89. The summed E-state index contributed by atoms with van der Waals surface area (Å²) in [6.07, 6.45) is -1.37. The summed E-state index contributed by atoms with van der Waals surface area (Å²) >= 11 is 0. The van der Waals surface area contributed by atoms with Crippen LogP contribution in [0.3, 0.4) is 0 Å². The van der Waals surface area contributed by atoms with Crippen molar-refractivity contribution in [2.24, 2.45) is 0 Å². The maximum absolute atomic E-state index is 12.2. The van der Waals surface area contributed by atoms with Gasteiger partial charge in [0.15, 0.2) is 0 Å². The minimum Gasteiger partial charge on any atom is -0.529 e. The SMILES string of the molecule is Cc1ccc(C(C)C)c(N(C(=O)[O-])c2ccc(S(=O)(=O)N(C)C)cc2)c1. The molecule has 0 N–H and O–H groups in total. The van der Waals surface area contributed by atoms with Crippen LogP contribution in [0.15, 0.2) is 47.4 Å². The second-order valence-corrected chi connectivity index (χ2v) is 8.75. The molecule has 1 amide bonds. The number of amides is 1. The molecule has 140 valence electrons. The fourth-order valence-corrected chi connectivity index (χ4v) is 3.56. The van der Waals surface area contributed by atoms with Gasteiger partial charge in [0.05, 0.1) is 10.6 Å². The Morgan fingerprint density at radius 1 is 1.04 bits per heavy atom. The van der Waals surface area contributed by atoms with Crippen LogP contribution in [-0.4, -0.2) is 32.9 Å². The van der Waals surface area contributed by atoms with Gasteiger partial charge in [-0.05, 0) is 54.3 Å². The Morgan fingerprint density at radius 2 is 1.62 bits per heavy atom. The third-order valence-corrected chi connectivity index (χ3v) is 5.93. The smallest absolute Gasteiger partial charge is 0.242 e. The van der Waals surface area contributed by atoms with Crippen LogP contribution in [0.2, 0.25) is 0 Å². The first kappa shape index (κ1) is 19.9. The van der Waals surface area contributed by atoms with Crippen LogP contribution in [-0.2, 0) is 10.0 Å². The van der Waals surface area contributed by atoms with E-state index in [1.165, 1.54) is 38.4 Å². The number of carbonyl (C=O) groups excluding carboxylic acids is 1. The Bertz CT molecular complexity index is 904. The van der Waals surface area contributed by atoms with Gasteiger partial charge in [-0.25, -0.2) is 12.7 Å². The zero-order chi connectivity index (χ0) is 19.6. The summed E-state index contributed by atoms with van der Waals surface area (Å²) in [5.41, 5.74) is 2.63. The first-order valence-corrected chi connectivity index (χ1v) is 9.64. The first-order chi connectivity index (χ1) is 12.1. The second-order valence-electron chi connectivity index (χ2n) is 6.60. The van der Waals surface area contributed by atoms with Crippen molar-refractivity contribution in [2.75, 3.05) is 19.0 Å². The number of hydrogen-bond donors (Lipinski definition) is 0. The van der Waals surface area contributed by atoms with Gasteiger partial charge in [-0.3, -0.25) is 4.90 Å². The highest BCUT2D eigenvalue weighted by atomic mass is 32.2. The number of carboxylic acid groups (broad SMARTS) is 1. The second kappa shape index (κ2) is 7.47. The molecule has 26 heavy (non-hydrogen) atoms. The number of benzene rings is 2. The molecule has 6 nitrogen and oxygen atoms in total. The zero-order valence-corrected chi connectivity index (χ0v) is 16.4. The van der Waals surface area contributed by atoms with Crippen molar-refractivity contribution < 1.29 is 18.3 Å². The molecule has 7 heteroatoms. The molecular formula is C19H23N2O4S-. The number of hydrogen-bond acceptors (Lipinski definition) is 4. The minimum atomic E-state index is -3.58. The van der Waals surface area contributed by atoms with E-state index in [0.29, 0.717) is 11.4 Å². The average Bonchev–Trinajstić information content (AvgIpc) is 2.55. The summed E-state index contributed by atoms with van der Waals surface area (Å²) in [5, 5.41) is 11.9. The van der Waals surface area contributed by atoms with Gasteiger partial charge in [0.2, 0.25) is 10.0 Å². The van der Waals surface area contributed by atoms with E-state index in [2.05, 4.69) is 0 Å². The fraction of sp³-hybridized carbons (Fsp3) is 0.316. The fourth-order valence-electron chi connectivity index (χ4n) is 2.66. The maximum atomic E-state index is 12.2. The molecule has 0 aliphatic carbocycles. The number of aryl methyl sites for hydroxylation is 1. The molecule has 0 radical (unpaired) electrons. The predicted molar refractivity (Wildman–Crippen MR) is 100 cm³/mol. The Labute approximate surface area is 154 Å². The van der Waals surface area contributed by atoms with Crippen LogP contribution in [0.1, 0.15) is 30.9 Å². The summed E-state index contributed by atoms with van der Waals surface area (Å²) in [4.78, 5) is 13.0. The molecule has 0 bridgehead atoms. The number of anilines is 2. The molecule has 0 unspecified atom stereocenters. The summed E-state index contributed by atoms with van der Waals surface area (Å²) < 4.78 is 25.5. The lowest BCUT2D eigenvalue weighted by Crippen LogP contribution is -2.38. The summed E-state index contributed by atoms with van der Waals surface area (Å²) in [6, 6.07) is 11.3. The Morgan fingerprint density at radius 3 is 2.08 bits per heavy atom. The van der Waals surface area contributed by atoms with Gasteiger partial charge in [-0.2, -0.15) is 0 Å². The first-order valence-electron chi connectivity index (χ1n) is 8.20. The van der Waals surface area contributed by atoms with Gasteiger partial charge in [0.1, 0.15) is 6.09 Å². The van der Waals surface area contributed by atoms with Gasteiger partial charge in [-0.15, -0.1) is 0 Å². The topological polar surface area (TPSA) is 80.8 Å². The Kier molecular flexibility index (Phi) is 5.73. The summed E-state index contributed by atoms with van der Waals surface area (Å²) in [6.45, 7) is 5.84. The summed E-state index contributed by atoms with van der Waals surface area (Å²) in [5.74, 6) is 0.112. The van der Waals surface area contributed by atoms with Crippen LogP contribution in [0.25, 0.3) is 0 Å². The lowest BCUT2D eigenvalue weighted by atomic mass is 9.98. The molecule has 0 heterocycles. The Balaban J connectivity index is 2.57. The quantitative estimate of drug-likeness (QED) is 0.805. The van der Waals surface area contributed by atoms with E-state index < -0.39 is 16.1 Å². The van der Waals surface area contributed by atoms with Crippen LogP contribution >= 0.6 is 0 Å². The van der Waals surface area contributed by atoms with Crippen LogP contribution < -0.4 is 10.0 Å². The lowest BCUT2D eigenvalue weighted by Gasteiger charge is -2.29. The van der Waals surface area contributed by atoms with Crippen molar-refractivity contribution in [3.8, 4) is 0 Å². The van der Waals surface area contributed by atoms with E-state index in [9.17, 15) is 18.3 Å². The minimum absolute atomic E-state index is 0.0953. The van der Waals surface area contributed by atoms with Crippen LogP contribution in [0.5, 0.6) is 0 Å². The van der Waals surface area contributed by atoms with E-state index in [4.69, 9.17) is 0 Å². The van der Waals surface area contributed by atoms with Crippen LogP contribution in [0.4, 0.5) is 16.2 Å². The van der Waals surface area contributed by atoms with Crippen molar-refractivity contribution >= 4 is 27.5 Å². The largest absolute Gasteiger partial charge is 0.529 e. The Hall–Kier alpha value is -2.38. The maximum Gasteiger partial charge on any atom is 0.242 e. The molecule has 2 rings (SSSR count). The third-order valence-electron chi connectivity index (χ3n) is 4.10. The molecule has 0 aliphatic rings. The number of rotatable bonds is 5. The highest BCUT2D eigenvalue weighted by Crippen LogP contribution is 2.34. The lowest BCUT2D eigenvalue weighted by molar-refractivity contribution is -0.245. The van der Waals surface area contributed by atoms with Crippen molar-refractivity contribution in [3.05, 3.63) is 53.6 Å². The van der Waals surface area contributed by atoms with Gasteiger partial charge in [0, 0.05) is 19.8 Å². The predicted octanol–water partition coefficient (Wildman–Crippen LogP) is 2.85. The molecule has 2 aromatic carbocycles. The van der Waals surface area contributed by atoms with Crippen molar-refractivity contribution in [2.45, 2.75) is 31.6 Å². The van der Waals surface area contributed by atoms with Crippen molar-refractivity contribution in [1.82, 2.24) is 4.31 Å². The zero-order valence-electron chi connectivity index (χ0n) is 15.6. The average molecular weight is 375 g/mol. The van der Waals surface area contributed by atoms with Gasteiger partial charge in [-0.1, -0.05) is 26.0 Å².